The van der Waals surface area contributed by atoms with Crippen molar-refractivity contribution < 1.29 is 14.1 Å². The van der Waals surface area contributed by atoms with Gasteiger partial charge in [-0.15, -0.1) is 0 Å². The van der Waals surface area contributed by atoms with Gasteiger partial charge >= 0.3 is 0 Å². The molecule has 2 aliphatic rings. The highest BCUT2D eigenvalue weighted by Crippen LogP contribution is 2.31. The number of amides is 2. The minimum atomic E-state index is -0.496. The molecule has 0 aliphatic carbocycles. The van der Waals surface area contributed by atoms with Gasteiger partial charge in [0, 0.05) is 19.9 Å². The van der Waals surface area contributed by atoms with Crippen LogP contribution in [0.4, 0.5) is 4.48 Å². The molecule has 2 heterocycles. The molecule has 0 N–H and O–H groups in total. The Morgan fingerprint density at radius 1 is 1.31 bits per heavy atom. The van der Waals surface area contributed by atoms with Gasteiger partial charge in [0.25, 0.3) is 5.91 Å². The monoisotopic (exact) mass is 186 g/mol. The van der Waals surface area contributed by atoms with Crippen molar-refractivity contribution >= 4 is 11.8 Å². The Morgan fingerprint density at radius 2 is 1.92 bits per heavy atom. The van der Waals surface area contributed by atoms with E-state index in [9.17, 15) is 14.1 Å². The number of likely N-dealkylation sites (tertiary alicyclic amines) is 1. The molecule has 0 saturated carbocycles. The van der Waals surface area contributed by atoms with E-state index in [-0.39, 0.29) is 36.0 Å². The molecule has 5 heteroatoms. The summed E-state index contributed by atoms with van der Waals surface area (Å²) in [6, 6.07) is -0.116. The summed E-state index contributed by atoms with van der Waals surface area (Å²) in [5, 5.41) is 0.219. The largest absolute Gasteiger partial charge is 0.341 e. The van der Waals surface area contributed by atoms with Gasteiger partial charge in [-0.05, 0) is 5.92 Å². The number of hydrogen-bond donors (Lipinski definition) is 0. The Bertz CT molecular complexity index is 267. The maximum atomic E-state index is 12.9. The third kappa shape index (κ3) is 1.18. The van der Waals surface area contributed by atoms with Crippen molar-refractivity contribution in [2.24, 2.45) is 5.92 Å². The van der Waals surface area contributed by atoms with Gasteiger partial charge in [0.2, 0.25) is 5.91 Å². The number of carbonyl (C=O) groups excluding carboxylic acids is 2. The Morgan fingerprint density at radius 3 is 2.62 bits per heavy atom. The molecule has 13 heavy (non-hydrogen) atoms. The van der Waals surface area contributed by atoms with E-state index in [1.54, 1.807) is 11.9 Å². The second kappa shape index (κ2) is 2.68. The van der Waals surface area contributed by atoms with Crippen LogP contribution < -0.4 is 0 Å². The highest BCUT2D eigenvalue weighted by Gasteiger charge is 2.44. The minimum absolute atomic E-state index is 0.0121. The lowest BCUT2D eigenvalue weighted by Gasteiger charge is -2.31. The molecule has 2 rings (SSSR count). The van der Waals surface area contributed by atoms with E-state index in [0.29, 0.717) is 6.42 Å². The summed E-state index contributed by atoms with van der Waals surface area (Å²) in [5.74, 6) is -0.459. The van der Waals surface area contributed by atoms with Crippen LogP contribution >= 0.6 is 0 Å². The van der Waals surface area contributed by atoms with Gasteiger partial charge in [0.05, 0.1) is 12.6 Å². The number of halogens is 1. The third-order valence-corrected chi connectivity index (χ3v) is 2.93. The first kappa shape index (κ1) is 8.47. The van der Waals surface area contributed by atoms with Gasteiger partial charge in [0.1, 0.15) is 0 Å². The Kier molecular flexibility index (Phi) is 1.75. The number of fused-ring (bicyclic) bond motifs is 1. The first-order valence-electron chi connectivity index (χ1n) is 4.31. The quantitative estimate of drug-likeness (QED) is 0.498. The Balaban J connectivity index is 2.16. The zero-order chi connectivity index (χ0) is 9.59. The maximum absolute atomic E-state index is 12.9. The number of hydrogen-bond acceptors (Lipinski definition) is 2. The standard InChI is InChI=1S/C8H11FN2O2/c1-10-6-4-11(9)8(13)3-5(6)2-7(10)12/h5-6H,2-4H2,1H3. The molecule has 0 spiro atoms. The molecule has 4 nitrogen and oxygen atoms in total. The molecular weight excluding hydrogens is 175 g/mol. The highest BCUT2D eigenvalue weighted by molar-refractivity contribution is 5.83. The molecule has 0 bridgehead atoms. The molecule has 2 fully saturated rings. The fraction of sp³-hybridized carbons (Fsp3) is 0.750. The predicted octanol–water partition coefficient (Wildman–Crippen LogP) is -0.0499. The lowest BCUT2D eigenvalue weighted by atomic mass is 9.93. The van der Waals surface area contributed by atoms with Crippen molar-refractivity contribution in [1.82, 2.24) is 10.0 Å². The Labute approximate surface area is 75.2 Å². The van der Waals surface area contributed by atoms with Crippen LogP contribution in [0.15, 0.2) is 0 Å². The summed E-state index contributed by atoms with van der Waals surface area (Å²) in [6.45, 7) is 0.0335. The molecule has 2 atom stereocenters. The summed E-state index contributed by atoms with van der Waals surface area (Å²) in [4.78, 5) is 23.7. The van der Waals surface area contributed by atoms with Crippen LogP contribution in [0.2, 0.25) is 0 Å². The molecule has 2 saturated heterocycles. The van der Waals surface area contributed by atoms with Crippen molar-refractivity contribution in [3.63, 3.8) is 0 Å². The predicted molar refractivity (Wildman–Crippen MR) is 42.1 cm³/mol. The second-order valence-electron chi connectivity index (χ2n) is 3.68. The van der Waals surface area contributed by atoms with Crippen LogP contribution in [0.5, 0.6) is 0 Å². The molecule has 2 aliphatic heterocycles. The summed E-state index contributed by atoms with van der Waals surface area (Å²) < 4.78 is 12.9. The molecule has 0 aromatic rings. The van der Waals surface area contributed by atoms with E-state index in [1.807, 2.05) is 0 Å². The zero-order valence-corrected chi connectivity index (χ0v) is 7.36. The van der Waals surface area contributed by atoms with E-state index in [2.05, 4.69) is 0 Å². The average molecular weight is 186 g/mol. The van der Waals surface area contributed by atoms with Gasteiger partial charge in [-0.25, -0.2) is 0 Å². The van der Waals surface area contributed by atoms with Crippen LogP contribution in [0.25, 0.3) is 0 Å². The van der Waals surface area contributed by atoms with Gasteiger partial charge in [-0.3, -0.25) is 9.59 Å². The molecule has 2 unspecified atom stereocenters. The number of likely N-dealkylation sites (N-methyl/N-ethyl adjacent to an activating group) is 1. The first-order chi connectivity index (χ1) is 6.09. The van der Waals surface area contributed by atoms with Crippen LogP contribution in [-0.4, -0.2) is 41.5 Å². The molecule has 2 amide bonds. The van der Waals surface area contributed by atoms with Crippen molar-refractivity contribution in [3.05, 3.63) is 0 Å². The smallest absolute Gasteiger partial charge is 0.250 e. The van der Waals surface area contributed by atoms with Crippen LogP contribution in [-0.2, 0) is 9.59 Å². The van der Waals surface area contributed by atoms with Gasteiger partial charge in [0.15, 0.2) is 0 Å². The van der Waals surface area contributed by atoms with Gasteiger partial charge in [-0.2, -0.15) is 5.12 Å². The van der Waals surface area contributed by atoms with Gasteiger partial charge < -0.3 is 4.90 Å². The van der Waals surface area contributed by atoms with Crippen molar-refractivity contribution in [3.8, 4) is 0 Å². The molecule has 72 valence electrons. The summed E-state index contributed by atoms with van der Waals surface area (Å²) in [7, 11) is 1.66. The maximum Gasteiger partial charge on any atom is 0.250 e. The fourth-order valence-corrected chi connectivity index (χ4v) is 2.07. The van der Waals surface area contributed by atoms with Gasteiger partial charge in [-0.1, -0.05) is 4.48 Å². The normalized spacial score (nSPS) is 34.0. The summed E-state index contributed by atoms with van der Waals surface area (Å²) in [5.41, 5.74) is 0. The van der Waals surface area contributed by atoms with E-state index in [4.69, 9.17) is 0 Å². The van der Waals surface area contributed by atoms with E-state index >= 15 is 0 Å². The number of piperidine rings is 1. The average Bonchev–Trinajstić information content (AvgIpc) is 2.32. The van der Waals surface area contributed by atoms with Crippen LogP contribution in [0, 0.1) is 5.92 Å². The first-order valence-corrected chi connectivity index (χ1v) is 4.31. The fourth-order valence-electron chi connectivity index (χ4n) is 2.07. The van der Waals surface area contributed by atoms with E-state index < -0.39 is 5.91 Å². The Hall–Kier alpha value is -1.13. The minimum Gasteiger partial charge on any atom is -0.341 e. The highest BCUT2D eigenvalue weighted by atomic mass is 19.2. The lowest BCUT2D eigenvalue weighted by molar-refractivity contribution is -0.155. The molecule has 0 aromatic heterocycles. The van der Waals surface area contributed by atoms with Crippen molar-refractivity contribution in [1.29, 1.82) is 0 Å². The number of rotatable bonds is 0. The zero-order valence-electron chi connectivity index (χ0n) is 7.36. The topological polar surface area (TPSA) is 40.6 Å². The third-order valence-electron chi connectivity index (χ3n) is 2.93. The summed E-state index contributed by atoms with van der Waals surface area (Å²) >= 11 is 0. The molecule has 0 aromatic carbocycles. The SMILES string of the molecule is CN1C(=O)CC2CC(=O)N(F)CC21. The van der Waals surface area contributed by atoms with Crippen molar-refractivity contribution in [2.45, 2.75) is 18.9 Å². The molecule has 0 radical (unpaired) electrons. The second-order valence-corrected chi connectivity index (χ2v) is 3.68. The lowest BCUT2D eigenvalue weighted by Crippen LogP contribution is -2.46. The van der Waals surface area contributed by atoms with E-state index in [1.165, 1.54) is 0 Å². The van der Waals surface area contributed by atoms with Crippen LogP contribution in [0.1, 0.15) is 12.8 Å². The van der Waals surface area contributed by atoms with Crippen LogP contribution in [0.3, 0.4) is 0 Å². The number of nitrogens with zero attached hydrogens (tertiary/aromatic N) is 2. The summed E-state index contributed by atoms with van der Waals surface area (Å²) in [6.07, 6.45) is 0.554. The van der Waals surface area contributed by atoms with E-state index in [0.717, 1.165) is 0 Å². The number of carbonyl (C=O) groups is 2. The molecular formula is C8H11FN2O2. The van der Waals surface area contributed by atoms with Crippen molar-refractivity contribution in [2.75, 3.05) is 13.6 Å².